The molecule has 0 aromatic heterocycles. The molecule has 188 valence electrons. The highest BCUT2D eigenvalue weighted by Crippen LogP contribution is 2.23. The Morgan fingerprint density at radius 1 is 0.914 bits per heavy atom. The number of ether oxygens (including phenoxy) is 1. The van der Waals surface area contributed by atoms with Gasteiger partial charge in [0.25, 0.3) is 11.8 Å². The summed E-state index contributed by atoms with van der Waals surface area (Å²) in [5.74, 6) is -0.0792. The van der Waals surface area contributed by atoms with Gasteiger partial charge in [-0.3, -0.25) is 9.59 Å². The van der Waals surface area contributed by atoms with Gasteiger partial charge in [-0.15, -0.1) is 0 Å². The van der Waals surface area contributed by atoms with E-state index in [1.54, 1.807) is 12.1 Å². The molecular weight excluding hydrogens is 466 g/mol. The van der Waals surface area contributed by atoms with E-state index >= 15 is 0 Å². The monoisotopic (exact) mass is 499 g/mol. The Kier molecular flexibility index (Phi) is 8.20. The highest BCUT2D eigenvalue weighted by molar-refractivity contribution is 7.89. The third kappa shape index (κ3) is 5.74. The Morgan fingerprint density at radius 2 is 1.54 bits per heavy atom. The molecule has 2 aromatic rings. The van der Waals surface area contributed by atoms with Crippen molar-refractivity contribution in [3.05, 3.63) is 65.7 Å². The fraction of sp³-hybridized carbons (Fsp3) is 0.462. The van der Waals surface area contributed by atoms with Crippen LogP contribution in [0.3, 0.4) is 0 Å². The number of sulfonamides is 1. The number of likely N-dealkylation sites (tertiary alicyclic amines) is 1. The van der Waals surface area contributed by atoms with Gasteiger partial charge in [-0.2, -0.15) is 4.31 Å². The van der Waals surface area contributed by atoms with Crippen molar-refractivity contribution in [2.24, 2.45) is 0 Å². The van der Waals surface area contributed by atoms with Crippen molar-refractivity contribution in [2.45, 2.75) is 37.1 Å². The molecule has 0 bridgehead atoms. The number of nitrogens with zero attached hydrogens (tertiary/aromatic N) is 3. The van der Waals surface area contributed by atoms with Crippen LogP contribution in [0, 0.1) is 0 Å². The maximum Gasteiger partial charge on any atom is 0.254 e. The van der Waals surface area contributed by atoms with Gasteiger partial charge in [0, 0.05) is 49.9 Å². The summed E-state index contributed by atoms with van der Waals surface area (Å²) >= 11 is 0. The summed E-state index contributed by atoms with van der Waals surface area (Å²) in [6, 6.07) is 15.5. The number of rotatable bonds is 7. The fourth-order valence-electron chi connectivity index (χ4n) is 4.71. The van der Waals surface area contributed by atoms with Crippen LogP contribution in [0.5, 0.6) is 0 Å². The molecule has 4 rings (SSSR count). The average Bonchev–Trinajstić information content (AvgIpc) is 2.92. The van der Waals surface area contributed by atoms with Crippen LogP contribution >= 0.6 is 0 Å². The highest BCUT2D eigenvalue weighted by Gasteiger charge is 2.31. The number of carbonyl (C=O) groups excluding carboxylic acids is 2. The molecule has 35 heavy (non-hydrogen) atoms. The number of amides is 2. The van der Waals surface area contributed by atoms with E-state index in [0.717, 1.165) is 6.42 Å². The molecule has 0 atom stereocenters. The summed E-state index contributed by atoms with van der Waals surface area (Å²) in [6.45, 7) is 5.29. The zero-order chi connectivity index (χ0) is 24.8. The van der Waals surface area contributed by atoms with Gasteiger partial charge in [-0.25, -0.2) is 8.42 Å². The van der Waals surface area contributed by atoms with E-state index in [4.69, 9.17) is 4.74 Å². The van der Waals surface area contributed by atoms with E-state index in [1.165, 1.54) is 16.4 Å². The first-order chi connectivity index (χ1) is 16.9. The van der Waals surface area contributed by atoms with Crippen LogP contribution in [-0.4, -0.2) is 86.3 Å². The van der Waals surface area contributed by atoms with Crippen molar-refractivity contribution in [1.82, 2.24) is 14.1 Å². The first-order valence-corrected chi connectivity index (χ1v) is 13.7. The Labute approximate surface area is 207 Å². The summed E-state index contributed by atoms with van der Waals surface area (Å²) in [4.78, 5) is 30.1. The molecule has 0 unspecified atom stereocenters. The third-order valence-electron chi connectivity index (χ3n) is 6.65. The molecule has 2 saturated heterocycles. The lowest BCUT2D eigenvalue weighted by Crippen LogP contribution is -2.49. The minimum atomic E-state index is -3.60. The van der Waals surface area contributed by atoms with Gasteiger partial charge < -0.3 is 14.5 Å². The lowest BCUT2D eigenvalue weighted by atomic mass is 10.0. The summed E-state index contributed by atoms with van der Waals surface area (Å²) in [5.41, 5.74) is 1.15. The zero-order valence-electron chi connectivity index (χ0n) is 20.1. The van der Waals surface area contributed by atoms with Gasteiger partial charge in [0.15, 0.2) is 0 Å². The van der Waals surface area contributed by atoms with Crippen LogP contribution < -0.4 is 0 Å². The number of hydrogen-bond donors (Lipinski definition) is 0. The summed E-state index contributed by atoms with van der Waals surface area (Å²) in [7, 11) is -3.60. The first-order valence-electron chi connectivity index (χ1n) is 12.2. The Morgan fingerprint density at radius 3 is 2.14 bits per heavy atom. The molecule has 2 heterocycles. The second-order valence-corrected chi connectivity index (χ2v) is 10.9. The van der Waals surface area contributed by atoms with Crippen molar-refractivity contribution in [3.63, 3.8) is 0 Å². The van der Waals surface area contributed by atoms with Gasteiger partial charge in [-0.1, -0.05) is 25.1 Å². The number of piperidine rings is 1. The molecule has 9 heteroatoms. The van der Waals surface area contributed by atoms with Gasteiger partial charge >= 0.3 is 0 Å². The van der Waals surface area contributed by atoms with Crippen molar-refractivity contribution >= 4 is 21.8 Å². The first kappa shape index (κ1) is 25.3. The van der Waals surface area contributed by atoms with E-state index in [2.05, 4.69) is 0 Å². The quantitative estimate of drug-likeness (QED) is 0.585. The van der Waals surface area contributed by atoms with E-state index in [-0.39, 0.29) is 22.8 Å². The second kappa shape index (κ2) is 11.3. The van der Waals surface area contributed by atoms with Gasteiger partial charge in [0.2, 0.25) is 10.0 Å². The Hall–Kier alpha value is -2.75. The maximum atomic E-state index is 13.4. The molecule has 2 fully saturated rings. The lowest BCUT2D eigenvalue weighted by molar-refractivity contribution is 0.0519. The van der Waals surface area contributed by atoms with Crippen LogP contribution in [0.4, 0.5) is 0 Å². The van der Waals surface area contributed by atoms with Crippen LogP contribution in [0.1, 0.15) is 46.9 Å². The van der Waals surface area contributed by atoms with Gasteiger partial charge in [0.1, 0.15) is 0 Å². The minimum Gasteiger partial charge on any atom is -0.379 e. The lowest BCUT2D eigenvalue weighted by Gasteiger charge is -2.38. The van der Waals surface area contributed by atoms with Crippen molar-refractivity contribution in [2.75, 3.05) is 45.9 Å². The second-order valence-electron chi connectivity index (χ2n) is 8.93. The van der Waals surface area contributed by atoms with Crippen LogP contribution in [-0.2, 0) is 14.8 Å². The number of benzene rings is 2. The molecule has 0 aliphatic carbocycles. The normalized spacial score (nSPS) is 17.8. The largest absolute Gasteiger partial charge is 0.379 e. The molecular formula is C26H33N3O5S. The molecule has 0 saturated carbocycles. The predicted octanol–water partition coefficient (Wildman–Crippen LogP) is 2.86. The Bertz CT molecular complexity index is 1110. The molecule has 2 aromatic carbocycles. The van der Waals surface area contributed by atoms with Crippen molar-refractivity contribution in [1.29, 1.82) is 0 Å². The van der Waals surface area contributed by atoms with Crippen molar-refractivity contribution in [3.8, 4) is 0 Å². The molecule has 2 aliphatic heterocycles. The number of morpholine rings is 1. The smallest absolute Gasteiger partial charge is 0.254 e. The highest BCUT2D eigenvalue weighted by atomic mass is 32.2. The van der Waals surface area contributed by atoms with Gasteiger partial charge in [0.05, 0.1) is 18.1 Å². The summed E-state index contributed by atoms with van der Waals surface area (Å²) in [5, 5.41) is 0. The Balaban J connectivity index is 1.42. The van der Waals surface area contributed by atoms with Crippen LogP contribution in [0.2, 0.25) is 0 Å². The zero-order valence-corrected chi connectivity index (χ0v) is 21.0. The van der Waals surface area contributed by atoms with E-state index < -0.39 is 10.0 Å². The molecule has 8 nitrogen and oxygen atoms in total. The number of carbonyl (C=O) groups is 2. The van der Waals surface area contributed by atoms with Crippen molar-refractivity contribution < 1.29 is 22.7 Å². The van der Waals surface area contributed by atoms with E-state index in [1.807, 2.05) is 47.1 Å². The summed E-state index contributed by atoms with van der Waals surface area (Å²) in [6.07, 6.45) is 2.25. The molecule has 0 N–H and O–H groups in total. The molecule has 2 aliphatic rings. The van der Waals surface area contributed by atoms with E-state index in [0.29, 0.717) is 69.9 Å². The van der Waals surface area contributed by atoms with Crippen LogP contribution in [0.25, 0.3) is 0 Å². The number of hydrogen-bond acceptors (Lipinski definition) is 5. The van der Waals surface area contributed by atoms with Gasteiger partial charge in [-0.05, 0) is 55.7 Å². The van der Waals surface area contributed by atoms with E-state index in [9.17, 15) is 18.0 Å². The fourth-order valence-corrected chi connectivity index (χ4v) is 6.11. The SMILES string of the molecule is CCCN(C(=O)c1ccc(S(=O)(=O)N2CCOCC2)cc1)C1CCN(C(=O)c2ccccc2)CC1. The topological polar surface area (TPSA) is 87.2 Å². The molecule has 2 amide bonds. The third-order valence-corrected chi connectivity index (χ3v) is 8.56. The predicted molar refractivity (Wildman–Crippen MR) is 133 cm³/mol. The minimum absolute atomic E-state index is 0.0227. The average molecular weight is 500 g/mol. The maximum absolute atomic E-state index is 13.4. The molecule has 0 spiro atoms. The molecule has 0 radical (unpaired) electrons. The summed E-state index contributed by atoms with van der Waals surface area (Å²) < 4.78 is 32.4. The standard InChI is InChI=1S/C26H33N3O5S/c1-2-14-29(23-12-15-27(16-13-23)25(30)21-6-4-3-5-7-21)26(31)22-8-10-24(11-9-22)35(32,33)28-17-19-34-20-18-28/h3-11,23H,2,12-20H2,1H3. The van der Waals surface area contributed by atoms with Crippen LogP contribution in [0.15, 0.2) is 59.5 Å².